The van der Waals surface area contributed by atoms with Crippen LogP contribution in [0.15, 0.2) is 24.5 Å². The summed E-state index contributed by atoms with van der Waals surface area (Å²) >= 11 is 0. The molecule has 0 amide bonds. The van der Waals surface area contributed by atoms with Crippen LogP contribution in [0.3, 0.4) is 0 Å². The summed E-state index contributed by atoms with van der Waals surface area (Å²) in [6.45, 7) is 4.55. The van der Waals surface area contributed by atoms with Gasteiger partial charge in [0.05, 0.1) is 6.54 Å². The lowest BCUT2D eigenvalue weighted by molar-refractivity contribution is 0.0876. The van der Waals surface area contributed by atoms with Crippen molar-refractivity contribution >= 4 is 5.78 Å². The normalized spacial score (nSPS) is 18.6. The van der Waals surface area contributed by atoms with E-state index in [0.717, 1.165) is 26.2 Å². The zero-order valence-electron chi connectivity index (χ0n) is 9.59. The number of carbonyl (C=O) groups excluding carboxylic acids is 1. The van der Waals surface area contributed by atoms with Crippen molar-refractivity contribution in [1.82, 2.24) is 14.8 Å². The van der Waals surface area contributed by atoms with Gasteiger partial charge in [-0.05, 0) is 19.2 Å². The van der Waals surface area contributed by atoms with Gasteiger partial charge in [0.25, 0.3) is 0 Å². The Morgan fingerprint density at radius 2 is 2.12 bits per heavy atom. The predicted octanol–water partition coefficient (Wildman–Crippen LogP) is 0.512. The lowest BCUT2D eigenvalue weighted by Crippen LogP contribution is -2.46. The molecule has 16 heavy (non-hydrogen) atoms. The van der Waals surface area contributed by atoms with E-state index in [2.05, 4.69) is 21.8 Å². The van der Waals surface area contributed by atoms with Crippen LogP contribution in [0.2, 0.25) is 0 Å². The van der Waals surface area contributed by atoms with Crippen molar-refractivity contribution in [2.45, 2.75) is 0 Å². The Balaban J connectivity index is 1.88. The summed E-state index contributed by atoms with van der Waals surface area (Å²) < 4.78 is 0. The standard InChI is InChI=1S/C12H17N3O/c1-14-5-7-15(8-6-14)10-12(16)11-3-2-4-13-9-11/h2-4,9H,5-8,10H2,1H3. The van der Waals surface area contributed by atoms with Gasteiger partial charge in [0.15, 0.2) is 5.78 Å². The van der Waals surface area contributed by atoms with Crippen LogP contribution in [-0.4, -0.2) is 60.3 Å². The number of Topliss-reactive ketones (excluding diaryl/α,β-unsaturated/α-hetero) is 1. The molecule has 0 aliphatic carbocycles. The molecule has 86 valence electrons. The summed E-state index contributed by atoms with van der Waals surface area (Å²) in [6, 6.07) is 3.63. The first-order valence-corrected chi connectivity index (χ1v) is 5.60. The molecule has 1 aliphatic rings. The van der Waals surface area contributed by atoms with Crippen LogP contribution in [-0.2, 0) is 0 Å². The molecule has 0 radical (unpaired) electrons. The van der Waals surface area contributed by atoms with Crippen LogP contribution >= 0.6 is 0 Å². The molecule has 2 heterocycles. The fourth-order valence-corrected chi connectivity index (χ4v) is 1.83. The molecular weight excluding hydrogens is 202 g/mol. The minimum atomic E-state index is 0.164. The molecule has 0 bridgehead atoms. The van der Waals surface area contributed by atoms with Crippen LogP contribution in [0.5, 0.6) is 0 Å². The molecule has 4 nitrogen and oxygen atoms in total. The molecule has 0 spiro atoms. The predicted molar refractivity (Wildman–Crippen MR) is 62.5 cm³/mol. The summed E-state index contributed by atoms with van der Waals surface area (Å²) in [4.78, 5) is 20.3. The zero-order valence-corrected chi connectivity index (χ0v) is 9.59. The third kappa shape index (κ3) is 2.87. The summed E-state index contributed by atoms with van der Waals surface area (Å²) in [6.07, 6.45) is 3.32. The fourth-order valence-electron chi connectivity index (χ4n) is 1.83. The minimum Gasteiger partial charge on any atom is -0.304 e. The van der Waals surface area contributed by atoms with Crippen LogP contribution in [0, 0.1) is 0 Å². The molecule has 1 fully saturated rings. The number of nitrogens with zero attached hydrogens (tertiary/aromatic N) is 3. The lowest BCUT2D eigenvalue weighted by atomic mass is 10.2. The number of ketones is 1. The molecule has 2 rings (SSSR count). The third-order valence-electron chi connectivity index (χ3n) is 2.95. The fraction of sp³-hybridized carbons (Fsp3) is 0.500. The van der Waals surface area contributed by atoms with Gasteiger partial charge in [0.2, 0.25) is 0 Å². The second-order valence-corrected chi connectivity index (χ2v) is 4.24. The Hall–Kier alpha value is -1.26. The molecular formula is C12H17N3O. The van der Waals surface area contributed by atoms with Crippen molar-refractivity contribution in [2.24, 2.45) is 0 Å². The highest BCUT2D eigenvalue weighted by molar-refractivity contribution is 5.97. The molecule has 1 aliphatic heterocycles. The second kappa shape index (κ2) is 5.18. The lowest BCUT2D eigenvalue weighted by Gasteiger charge is -2.31. The van der Waals surface area contributed by atoms with Crippen molar-refractivity contribution < 1.29 is 4.79 Å². The molecule has 0 aromatic carbocycles. The van der Waals surface area contributed by atoms with Crippen LogP contribution in [0.4, 0.5) is 0 Å². The Labute approximate surface area is 95.9 Å². The first kappa shape index (κ1) is 11.2. The van der Waals surface area contributed by atoms with E-state index in [1.54, 1.807) is 18.5 Å². The van der Waals surface area contributed by atoms with Crippen LogP contribution < -0.4 is 0 Å². The topological polar surface area (TPSA) is 36.4 Å². The highest BCUT2D eigenvalue weighted by Crippen LogP contribution is 2.03. The van der Waals surface area contributed by atoms with Gasteiger partial charge in [-0.15, -0.1) is 0 Å². The van der Waals surface area contributed by atoms with Crippen molar-refractivity contribution in [2.75, 3.05) is 39.8 Å². The Morgan fingerprint density at radius 1 is 1.38 bits per heavy atom. The quantitative estimate of drug-likeness (QED) is 0.694. The first-order chi connectivity index (χ1) is 7.75. The van der Waals surface area contributed by atoms with E-state index in [9.17, 15) is 4.79 Å². The van der Waals surface area contributed by atoms with E-state index in [0.29, 0.717) is 12.1 Å². The third-order valence-corrected chi connectivity index (χ3v) is 2.95. The zero-order chi connectivity index (χ0) is 11.4. The summed E-state index contributed by atoms with van der Waals surface area (Å²) in [5, 5.41) is 0. The maximum Gasteiger partial charge on any atom is 0.178 e. The summed E-state index contributed by atoms with van der Waals surface area (Å²) in [5.41, 5.74) is 0.710. The number of pyridine rings is 1. The molecule has 1 aromatic heterocycles. The maximum absolute atomic E-state index is 11.9. The number of likely N-dealkylation sites (N-methyl/N-ethyl adjacent to an activating group) is 1. The molecule has 0 N–H and O–H groups in total. The van der Waals surface area contributed by atoms with E-state index in [4.69, 9.17) is 0 Å². The Morgan fingerprint density at radius 3 is 2.75 bits per heavy atom. The average Bonchev–Trinajstić information content (AvgIpc) is 2.33. The molecule has 0 saturated carbocycles. The number of hydrogen-bond acceptors (Lipinski definition) is 4. The number of rotatable bonds is 3. The molecule has 1 aromatic rings. The van der Waals surface area contributed by atoms with Gasteiger partial charge in [0, 0.05) is 44.1 Å². The minimum absolute atomic E-state index is 0.164. The Kier molecular flexibility index (Phi) is 3.64. The van der Waals surface area contributed by atoms with Crippen molar-refractivity contribution in [1.29, 1.82) is 0 Å². The number of piperazine rings is 1. The molecule has 0 unspecified atom stereocenters. The van der Waals surface area contributed by atoms with Gasteiger partial charge in [-0.1, -0.05) is 0 Å². The van der Waals surface area contributed by atoms with Crippen molar-refractivity contribution in [3.8, 4) is 0 Å². The van der Waals surface area contributed by atoms with Gasteiger partial charge < -0.3 is 4.90 Å². The molecule has 1 saturated heterocycles. The smallest absolute Gasteiger partial charge is 0.178 e. The number of carbonyl (C=O) groups is 1. The molecule has 0 atom stereocenters. The summed E-state index contributed by atoms with van der Waals surface area (Å²) in [5.74, 6) is 0.164. The molecule has 4 heteroatoms. The monoisotopic (exact) mass is 219 g/mol. The number of hydrogen-bond donors (Lipinski definition) is 0. The van der Waals surface area contributed by atoms with Gasteiger partial charge in [-0.3, -0.25) is 14.7 Å². The summed E-state index contributed by atoms with van der Waals surface area (Å²) in [7, 11) is 2.11. The highest BCUT2D eigenvalue weighted by Gasteiger charge is 2.17. The van der Waals surface area contributed by atoms with Gasteiger partial charge in [0.1, 0.15) is 0 Å². The average molecular weight is 219 g/mol. The first-order valence-electron chi connectivity index (χ1n) is 5.60. The number of aromatic nitrogens is 1. The van der Waals surface area contributed by atoms with E-state index < -0.39 is 0 Å². The van der Waals surface area contributed by atoms with E-state index in [-0.39, 0.29) is 5.78 Å². The van der Waals surface area contributed by atoms with Crippen LogP contribution in [0.25, 0.3) is 0 Å². The highest BCUT2D eigenvalue weighted by atomic mass is 16.1. The van der Waals surface area contributed by atoms with Crippen molar-refractivity contribution in [3.05, 3.63) is 30.1 Å². The SMILES string of the molecule is CN1CCN(CC(=O)c2cccnc2)CC1. The van der Waals surface area contributed by atoms with Gasteiger partial charge >= 0.3 is 0 Å². The largest absolute Gasteiger partial charge is 0.304 e. The van der Waals surface area contributed by atoms with Crippen molar-refractivity contribution in [3.63, 3.8) is 0 Å². The maximum atomic E-state index is 11.9. The van der Waals surface area contributed by atoms with E-state index in [1.807, 2.05) is 6.07 Å². The second-order valence-electron chi connectivity index (χ2n) is 4.24. The van der Waals surface area contributed by atoms with E-state index in [1.165, 1.54) is 0 Å². The van der Waals surface area contributed by atoms with E-state index >= 15 is 0 Å². The van der Waals surface area contributed by atoms with Gasteiger partial charge in [-0.2, -0.15) is 0 Å². The van der Waals surface area contributed by atoms with Gasteiger partial charge in [-0.25, -0.2) is 0 Å². The Bertz CT molecular complexity index is 345. The van der Waals surface area contributed by atoms with Crippen LogP contribution in [0.1, 0.15) is 10.4 Å².